The number of carboxylic acids is 1. The van der Waals surface area contributed by atoms with Gasteiger partial charge in [-0.1, -0.05) is 41.9 Å². The number of ether oxygens (including phenoxy) is 1. The number of hydrogen-bond donors (Lipinski definition) is 1. The van der Waals surface area contributed by atoms with Gasteiger partial charge in [0.1, 0.15) is 11.4 Å². The van der Waals surface area contributed by atoms with E-state index in [1.807, 2.05) is 60.2 Å². The molecular weight excluding hydrogens is 662 g/mol. The van der Waals surface area contributed by atoms with Crippen LogP contribution in [0.15, 0.2) is 70.3 Å². The molecule has 0 amide bonds. The van der Waals surface area contributed by atoms with Gasteiger partial charge in [-0.2, -0.15) is 10.2 Å². The van der Waals surface area contributed by atoms with E-state index >= 15 is 0 Å². The third-order valence-corrected chi connectivity index (χ3v) is 10.8. The van der Waals surface area contributed by atoms with Gasteiger partial charge in [-0.25, -0.2) is 4.79 Å². The van der Waals surface area contributed by atoms with Crippen molar-refractivity contribution in [1.82, 2.24) is 19.4 Å². The van der Waals surface area contributed by atoms with Gasteiger partial charge in [0.05, 0.1) is 17.8 Å². The predicted octanol–water partition coefficient (Wildman–Crippen LogP) is 9.02. The molecule has 3 aromatic carbocycles. The van der Waals surface area contributed by atoms with Gasteiger partial charge >= 0.3 is 5.97 Å². The summed E-state index contributed by atoms with van der Waals surface area (Å²) in [5, 5.41) is 25.5. The second-order valence-electron chi connectivity index (χ2n) is 12.2. The summed E-state index contributed by atoms with van der Waals surface area (Å²) in [6.07, 6.45) is 5.13. The summed E-state index contributed by atoms with van der Waals surface area (Å²) >= 11 is 10.4. The van der Waals surface area contributed by atoms with Gasteiger partial charge in [0.15, 0.2) is 0 Å². The van der Waals surface area contributed by atoms with Crippen LogP contribution in [0.25, 0.3) is 27.8 Å². The van der Waals surface area contributed by atoms with E-state index < -0.39 is 5.97 Å². The van der Waals surface area contributed by atoms with Crippen LogP contribution in [-0.4, -0.2) is 55.0 Å². The minimum atomic E-state index is -0.966. The monoisotopic (exact) mass is 701 g/mol. The van der Waals surface area contributed by atoms with Crippen molar-refractivity contribution < 1.29 is 14.6 Å². The maximum Gasteiger partial charge on any atom is 0.352 e. The van der Waals surface area contributed by atoms with Crippen LogP contribution >= 0.6 is 35.1 Å². The minimum absolute atomic E-state index is 0.102. The second-order valence-corrected chi connectivity index (χ2v) is 14.7. The molecule has 0 spiro atoms. The molecule has 6 rings (SSSR count). The number of hydrazone groups is 1. The fourth-order valence-corrected chi connectivity index (χ4v) is 8.19. The van der Waals surface area contributed by atoms with Crippen molar-refractivity contribution in [1.29, 1.82) is 0 Å². The van der Waals surface area contributed by atoms with Crippen molar-refractivity contribution >= 4 is 75.1 Å². The third kappa shape index (κ3) is 7.11. The number of thioether (sulfide) groups is 2. The van der Waals surface area contributed by atoms with Gasteiger partial charge in [0.2, 0.25) is 0 Å². The number of aryl methyl sites for hydroxylation is 3. The van der Waals surface area contributed by atoms with E-state index in [4.69, 9.17) is 26.5 Å². The number of carboxylic acid groups (broad SMARTS) is 1. The van der Waals surface area contributed by atoms with Gasteiger partial charge in [-0.3, -0.25) is 9.69 Å². The molecule has 11 heteroatoms. The molecule has 0 atom stereocenters. The number of aromatic nitrogens is 3. The highest BCUT2D eigenvalue weighted by molar-refractivity contribution is 7.99. The average molecular weight is 702 g/mol. The lowest BCUT2D eigenvalue weighted by Gasteiger charge is -2.24. The highest BCUT2D eigenvalue weighted by atomic mass is 35.5. The first kappa shape index (κ1) is 34.0. The van der Waals surface area contributed by atoms with Gasteiger partial charge in [0, 0.05) is 81.3 Å². The molecule has 250 valence electrons. The standard InChI is InChI=1S/C37H40ClN5O3S2/c1-23(2)43-24(3)17-32-33(38)13-12-31-30(36(37(44)45)41(4)35(31)32)11-8-15-46-34-20-28(18-25-9-6-7-10-29(25)34)48-22-27-19-26(40-42(27)5)21-47-16-14-39-43/h6-7,9-10,12-14,17-20,23H,8,11,15-16,21-22H2,1-5H3,(H,44,45)/b24-17+,39-14+. The summed E-state index contributed by atoms with van der Waals surface area (Å²) in [5.41, 5.74) is 5.72. The Labute approximate surface area is 294 Å². The Morgan fingerprint density at radius 3 is 2.67 bits per heavy atom. The molecular formula is C37H40ClN5O3S2. The molecule has 5 aromatic rings. The van der Waals surface area contributed by atoms with Gasteiger partial charge in [-0.05, 0) is 74.9 Å². The number of rotatable bonds is 2. The zero-order valence-corrected chi connectivity index (χ0v) is 30.3. The molecule has 8 bridgehead atoms. The number of aromatic carboxylic acids is 1. The maximum atomic E-state index is 12.6. The smallest absolute Gasteiger partial charge is 0.352 e. The van der Waals surface area contributed by atoms with Crippen LogP contribution < -0.4 is 4.74 Å². The maximum absolute atomic E-state index is 12.6. The lowest BCUT2D eigenvalue weighted by molar-refractivity contribution is 0.0685. The van der Waals surface area contributed by atoms with Gasteiger partial charge < -0.3 is 14.4 Å². The fourth-order valence-electron chi connectivity index (χ4n) is 6.35. The minimum Gasteiger partial charge on any atom is -0.493 e. The summed E-state index contributed by atoms with van der Waals surface area (Å²) in [6.45, 7) is 6.64. The third-order valence-electron chi connectivity index (χ3n) is 8.54. The lowest BCUT2D eigenvalue weighted by atomic mass is 10.0. The summed E-state index contributed by atoms with van der Waals surface area (Å²) in [6, 6.07) is 18.7. The van der Waals surface area contributed by atoms with Gasteiger partial charge in [-0.15, -0.1) is 23.5 Å². The summed E-state index contributed by atoms with van der Waals surface area (Å²) in [5.74, 6) is 2.17. The SMILES string of the molecule is C/C1=C\c2c(Cl)ccc3c(c(C(=O)O)n(C)c23)CCCOc2cc(cc3ccccc23)SCc2cc(nn2C)CSC/C=N/N1C(C)C. The van der Waals surface area contributed by atoms with E-state index in [9.17, 15) is 9.90 Å². The summed E-state index contributed by atoms with van der Waals surface area (Å²) in [7, 11) is 3.80. The highest BCUT2D eigenvalue weighted by Crippen LogP contribution is 2.36. The Morgan fingerprint density at radius 2 is 1.88 bits per heavy atom. The quantitative estimate of drug-likeness (QED) is 0.197. The Balaban J connectivity index is 1.41. The molecule has 8 nitrogen and oxygen atoms in total. The molecule has 0 unspecified atom stereocenters. The van der Waals surface area contributed by atoms with E-state index in [1.54, 1.807) is 35.1 Å². The molecule has 1 aliphatic rings. The van der Waals surface area contributed by atoms with E-state index in [2.05, 4.69) is 44.2 Å². The Bertz CT molecular complexity index is 2050. The van der Waals surface area contributed by atoms with Crippen molar-refractivity contribution in [2.45, 2.75) is 56.1 Å². The lowest BCUT2D eigenvalue weighted by Crippen LogP contribution is -2.23. The van der Waals surface area contributed by atoms with E-state index in [-0.39, 0.29) is 11.7 Å². The van der Waals surface area contributed by atoms with Crippen LogP contribution in [0.4, 0.5) is 0 Å². The summed E-state index contributed by atoms with van der Waals surface area (Å²) < 4.78 is 10.2. The second kappa shape index (κ2) is 14.7. The zero-order chi connectivity index (χ0) is 33.9. The Kier molecular flexibility index (Phi) is 10.4. The molecule has 2 aromatic heterocycles. The first-order valence-corrected chi connectivity index (χ1v) is 18.5. The van der Waals surface area contributed by atoms with Crippen molar-refractivity contribution in [2.75, 3.05) is 12.4 Å². The van der Waals surface area contributed by atoms with Crippen molar-refractivity contribution in [3.05, 3.63) is 93.5 Å². The Hall–Kier alpha value is -3.86. The number of fused-ring (bicyclic) bond motifs is 6. The van der Waals surface area contributed by atoms with Crippen molar-refractivity contribution in [3.63, 3.8) is 0 Å². The molecule has 0 saturated heterocycles. The number of halogens is 1. The highest BCUT2D eigenvalue weighted by Gasteiger charge is 2.23. The van der Waals surface area contributed by atoms with E-state index in [0.717, 1.165) is 77.8 Å². The van der Waals surface area contributed by atoms with Crippen LogP contribution in [0.3, 0.4) is 0 Å². The Morgan fingerprint density at radius 1 is 1.06 bits per heavy atom. The molecule has 3 heterocycles. The zero-order valence-electron chi connectivity index (χ0n) is 27.9. The van der Waals surface area contributed by atoms with Crippen LogP contribution in [0.5, 0.6) is 5.75 Å². The molecule has 1 aliphatic heterocycles. The molecule has 0 aliphatic carbocycles. The normalized spacial score (nSPS) is 16.9. The van der Waals surface area contributed by atoms with E-state index in [1.165, 1.54) is 0 Å². The van der Waals surface area contributed by atoms with Crippen molar-refractivity contribution in [2.24, 2.45) is 19.2 Å². The van der Waals surface area contributed by atoms with E-state index in [0.29, 0.717) is 24.5 Å². The topological polar surface area (TPSA) is 84.9 Å². The van der Waals surface area contributed by atoms with Gasteiger partial charge in [0.25, 0.3) is 0 Å². The van der Waals surface area contributed by atoms with Crippen LogP contribution in [0.2, 0.25) is 5.02 Å². The largest absolute Gasteiger partial charge is 0.493 e. The predicted molar refractivity (Wildman–Crippen MR) is 201 cm³/mol. The average Bonchev–Trinajstić information content (AvgIpc) is 3.55. The number of benzene rings is 3. The number of carbonyl (C=O) groups is 1. The molecule has 1 N–H and O–H groups in total. The number of hydrogen-bond acceptors (Lipinski definition) is 7. The van der Waals surface area contributed by atoms with Crippen LogP contribution in [0.1, 0.15) is 60.2 Å². The first-order chi connectivity index (χ1) is 23.1. The van der Waals surface area contributed by atoms with Crippen molar-refractivity contribution in [3.8, 4) is 5.75 Å². The number of allylic oxidation sites excluding steroid dienone is 1. The molecule has 0 fully saturated rings. The summed E-state index contributed by atoms with van der Waals surface area (Å²) in [4.78, 5) is 13.8. The van der Waals surface area contributed by atoms with Crippen LogP contribution in [0, 0.1) is 0 Å². The fraction of sp³-hybridized carbons (Fsp3) is 0.324. The van der Waals surface area contributed by atoms with Crippen LogP contribution in [-0.2, 0) is 32.0 Å². The number of nitrogens with zero attached hydrogens (tertiary/aromatic N) is 5. The molecule has 48 heavy (non-hydrogen) atoms. The molecule has 0 radical (unpaired) electrons. The first-order valence-electron chi connectivity index (χ1n) is 16.0. The molecule has 0 saturated carbocycles.